The highest BCUT2D eigenvalue weighted by atomic mass is 16.6. The van der Waals surface area contributed by atoms with Gasteiger partial charge in [-0.25, -0.2) is 4.79 Å². The van der Waals surface area contributed by atoms with Crippen LogP contribution in [0.15, 0.2) is 24.3 Å². The third-order valence-corrected chi connectivity index (χ3v) is 5.08. The average Bonchev–Trinajstić information content (AvgIpc) is 2.76. The summed E-state index contributed by atoms with van der Waals surface area (Å²) in [4.78, 5) is 52.3. The van der Waals surface area contributed by atoms with Crippen molar-refractivity contribution in [1.82, 2.24) is 15.5 Å². The standard InChI is InChI=1S/C26H38N4O6/c1-7-9-17(3)28-23(33)22(19-12-10-18(8-2)11-13-19)30(14-15-31)24(34)20(16-21(27)32)29-25(35)36-26(4,5)6/h2,10-13,17,20,22,31H,7,9,14-16H2,1,3-6H3,(H2,27,32)(H,28,33)(H,29,35). The molecule has 0 aromatic heterocycles. The maximum absolute atomic E-state index is 13.6. The topological polar surface area (TPSA) is 151 Å². The number of carbonyl (C=O) groups excluding carboxylic acids is 4. The van der Waals surface area contributed by atoms with Gasteiger partial charge in [0.1, 0.15) is 17.7 Å². The van der Waals surface area contributed by atoms with Crippen molar-refractivity contribution in [2.75, 3.05) is 13.2 Å². The van der Waals surface area contributed by atoms with Crippen LogP contribution in [0.2, 0.25) is 0 Å². The van der Waals surface area contributed by atoms with Gasteiger partial charge in [0.25, 0.3) is 0 Å². The molecule has 0 fully saturated rings. The predicted octanol–water partition coefficient (Wildman–Crippen LogP) is 1.60. The maximum atomic E-state index is 13.6. The second-order valence-electron chi connectivity index (χ2n) is 9.49. The van der Waals surface area contributed by atoms with Crippen molar-refractivity contribution in [3.63, 3.8) is 0 Å². The van der Waals surface area contributed by atoms with Crippen LogP contribution in [0, 0.1) is 12.3 Å². The van der Waals surface area contributed by atoms with Gasteiger partial charge in [-0.1, -0.05) is 31.4 Å². The zero-order valence-corrected chi connectivity index (χ0v) is 21.7. The van der Waals surface area contributed by atoms with E-state index in [0.29, 0.717) is 17.5 Å². The monoisotopic (exact) mass is 502 g/mol. The van der Waals surface area contributed by atoms with E-state index in [4.69, 9.17) is 16.9 Å². The zero-order valence-electron chi connectivity index (χ0n) is 21.7. The molecule has 0 aliphatic rings. The Balaban J connectivity index is 3.46. The number of nitrogens with two attached hydrogens (primary N) is 1. The van der Waals surface area contributed by atoms with Gasteiger partial charge in [-0.05, 0) is 51.8 Å². The molecule has 4 amide bonds. The lowest BCUT2D eigenvalue weighted by Crippen LogP contribution is -2.55. The van der Waals surface area contributed by atoms with Gasteiger partial charge in [0.2, 0.25) is 17.7 Å². The first-order chi connectivity index (χ1) is 16.8. The Labute approximate surface area is 212 Å². The molecule has 1 aromatic rings. The number of rotatable bonds is 12. The van der Waals surface area contributed by atoms with Crippen LogP contribution in [0.5, 0.6) is 0 Å². The third-order valence-electron chi connectivity index (χ3n) is 5.08. The summed E-state index contributed by atoms with van der Waals surface area (Å²) >= 11 is 0. The fraction of sp³-hybridized carbons (Fsp3) is 0.538. The van der Waals surface area contributed by atoms with Crippen molar-refractivity contribution in [2.24, 2.45) is 5.73 Å². The van der Waals surface area contributed by atoms with Crippen LogP contribution < -0.4 is 16.4 Å². The summed E-state index contributed by atoms with van der Waals surface area (Å²) in [7, 11) is 0. The van der Waals surface area contributed by atoms with E-state index in [1.165, 1.54) is 0 Å². The molecule has 0 heterocycles. The van der Waals surface area contributed by atoms with E-state index in [-0.39, 0.29) is 12.6 Å². The van der Waals surface area contributed by atoms with Crippen molar-refractivity contribution in [1.29, 1.82) is 0 Å². The fourth-order valence-electron chi connectivity index (χ4n) is 3.59. The molecule has 10 nitrogen and oxygen atoms in total. The first-order valence-electron chi connectivity index (χ1n) is 11.9. The summed E-state index contributed by atoms with van der Waals surface area (Å²) in [6, 6.07) is 3.72. The average molecular weight is 503 g/mol. The van der Waals surface area contributed by atoms with Crippen molar-refractivity contribution < 1.29 is 29.0 Å². The smallest absolute Gasteiger partial charge is 0.408 e. The number of hydrogen-bond donors (Lipinski definition) is 4. The number of primary amides is 1. The van der Waals surface area contributed by atoms with Crippen molar-refractivity contribution >= 4 is 23.8 Å². The summed E-state index contributed by atoms with van der Waals surface area (Å²) < 4.78 is 5.22. The van der Waals surface area contributed by atoms with Gasteiger partial charge in [-0.3, -0.25) is 14.4 Å². The van der Waals surface area contributed by atoms with Crippen LogP contribution in [0.4, 0.5) is 4.79 Å². The summed E-state index contributed by atoms with van der Waals surface area (Å²) in [6.45, 7) is 8.04. The molecule has 5 N–H and O–H groups in total. The zero-order chi connectivity index (χ0) is 27.5. The van der Waals surface area contributed by atoms with Crippen LogP contribution in [-0.4, -0.2) is 64.7 Å². The van der Waals surface area contributed by atoms with Crippen molar-refractivity contribution in [2.45, 2.75) is 77.6 Å². The Hall–Kier alpha value is -3.58. The van der Waals surface area contributed by atoms with Gasteiger partial charge >= 0.3 is 6.09 Å². The van der Waals surface area contributed by atoms with Crippen LogP contribution >= 0.6 is 0 Å². The molecule has 0 spiro atoms. The highest BCUT2D eigenvalue weighted by Gasteiger charge is 2.37. The van der Waals surface area contributed by atoms with E-state index in [9.17, 15) is 24.3 Å². The Morgan fingerprint density at radius 1 is 1.17 bits per heavy atom. The number of nitrogens with zero attached hydrogens (tertiary/aromatic N) is 1. The fourth-order valence-corrected chi connectivity index (χ4v) is 3.59. The van der Waals surface area contributed by atoms with E-state index in [2.05, 4.69) is 16.6 Å². The number of hydrogen-bond acceptors (Lipinski definition) is 6. The number of aliphatic hydroxyl groups excluding tert-OH is 1. The minimum absolute atomic E-state index is 0.178. The van der Waals surface area contributed by atoms with Crippen LogP contribution in [0.3, 0.4) is 0 Å². The summed E-state index contributed by atoms with van der Waals surface area (Å²) in [5.41, 5.74) is 5.50. The lowest BCUT2D eigenvalue weighted by Gasteiger charge is -2.34. The summed E-state index contributed by atoms with van der Waals surface area (Å²) in [5, 5.41) is 15.0. The van der Waals surface area contributed by atoms with Gasteiger partial charge in [0.15, 0.2) is 0 Å². The number of nitrogens with one attached hydrogen (secondary N) is 2. The molecule has 10 heteroatoms. The predicted molar refractivity (Wildman–Crippen MR) is 135 cm³/mol. The number of amides is 4. The van der Waals surface area contributed by atoms with E-state index < -0.39 is 54.5 Å². The number of terminal acetylenes is 1. The summed E-state index contributed by atoms with van der Waals surface area (Å²) in [5.74, 6) is 0.387. The van der Waals surface area contributed by atoms with E-state index in [0.717, 1.165) is 11.3 Å². The van der Waals surface area contributed by atoms with Crippen molar-refractivity contribution in [3.8, 4) is 12.3 Å². The molecule has 3 unspecified atom stereocenters. The lowest BCUT2D eigenvalue weighted by molar-refractivity contribution is -0.144. The molecule has 1 aromatic carbocycles. The number of benzene rings is 1. The van der Waals surface area contributed by atoms with Crippen molar-refractivity contribution in [3.05, 3.63) is 35.4 Å². The number of aliphatic hydroxyl groups is 1. The first kappa shape index (κ1) is 30.5. The van der Waals surface area contributed by atoms with Gasteiger partial charge in [-0.2, -0.15) is 0 Å². The maximum Gasteiger partial charge on any atom is 0.408 e. The van der Waals surface area contributed by atoms with E-state index >= 15 is 0 Å². The highest BCUT2D eigenvalue weighted by Crippen LogP contribution is 2.24. The molecule has 198 valence electrons. The lowest BCUT2D eigenvalue weighted by atomic mass is 10.00. The van der Waals surface area contributed by atoms with Gasteiger partial charge in [0.05, 0.1) is 13.0 Å². The second kappa shape index (κ2) is 14.1. The SMILES string of the molecule is C#Cc1ccc(C(C(=O)NC(C)CCC)N(CCO)C(=O)C(CC(N)=O)NC(=O)OC(C)(C)C)cc1. The minimum Gasteiger partial charge on any atom is -0.444 e. The highest BCUT2D eigenvalue weighted by molar-refractivity contribution is 5.94. The molecular formula is C26H38N4O6. The molecule has 0 saturated carbocycles. The third kappa shape index (κ3) is 9.96. The Bertz CT molecular complexity index is 949. The molecule has 36 heavy (non-hydrogen) atoms. The molecule has 3 atom stereocenters. The normalized spacial score (nSPS) is 13.5. The van der Waals surface area contributed by atoms with Crippen LogP contribution in [0.1, 0.15) is 71.0 Å². The molecule has 1 rings (SSSR count). The molecule has 0 radical (unpaired) electrons. The molecule has 0 aliphatic carbocycles. The Morgan fingerprint density at radius 2 is 1.78 bits per heavy atom. The number of alkyl carbamates (subject to hydrolysis) is 1. The molecule has 0 bridgehead atoms. The van der Waals surface area contributed by atoms with Crippen LogP contribution in [-0.2, 0) is 19.1 Å². The van der Waals surface area contributed by atoms with Gasteiger partial charge < -0.3 is 31.1 Å². The molecule has 0 saturated heterocycles. The molecular weight excluding hydrogens is 464 g/mol. The minimum atomic E-state index is -1.42. The Morgan fingerprint density at radius 3 is 2.25 bits per heavy atom. The van der Waals surface area contributed by atoms with E-state index in [1.54, 1.807) is 45.0 Å². The van der Waals surface area contributed by atoms with Gasteiger partial charge in [-0.15, -0.1) is 6.42 Å². The number of ether oxygens (including phenoxy) is 1. The summed E-state index contributed by atoms with van der Waals surface area (Å²) in [6.07, 6.45) is 5.54. The second-order valence-corrected chi connectivity index (χ2v) is 9.49. The first-order valence-corrected chi connectivity index (χ1v) is 11.9. The molecule has 0 aliphatic heterocycles. The quantitative estimate of drug-likeness (QED) is 0.319. The van der Waals surface area contributed by atoms with Gasteiger partial charge in [0, 0.05) is 18.2 Å². The van der Waals surface area contributed by atoms with Crippen LogP contribution in [0.25, 0.3) is 0 Å². The number of carbonyl (C=O) groups is 4. The largest absolute Gasteiger partial charge is 0.444 e. The van der Waals surface area contributed by atoms with E-state index in [1.807, 2.05) is 13.8 Å². The Kier molecular flexibility index (Phi) is 11.9.